The number of ether oxygens (including phenoxy) is 3. The van der Waals surface area contributed by atoms with Crippen molar-refractivity contribution in [3.05, 3.63) is 23.5 Å². The van der Waals surface area contributed by atoms with Crippen LogP contribution < -0.4 is 9.47 Å². The van der Waals surface area contributed by atoms with Crippen LogP contribution in [0.3, 0.4) is 0 Å². The first-order chi connectivity index (χ1) is 11.2. The van der Waals surface area contributed by atoms with Crippen molar-refractivity contribution in [2.24, 2.45) is 0 Å². The van der Waals surface area contributed by atoms with E-state index in [4.69, 9.17) is 14.2 Å². The van der Waals surface area contributed by atoms with Gasteiger partial charge in [-0.1, -0.05) is 0 Å². The number of benzene rings is 1. The average Bonchev–Trinajstić information content (AvgIpc) is 2.88. The van der Waals surface area contributed by atoms with Gasteiger partial charge in [0.15, 0.2) is 17.2 Å². The van der Waals surface area contributed by atoms with Crippen LogP contribution in [0.1, 0.15) is 39.2 Å². The van der Waals surface area contributed by atoms with Crippen molar-refractivity contribution in [3.8, 4) is 11.5 Å². The van der Waals surface area contributed by atoms with Crippen LogP contribution >= 0.6 is 0 Å². The van der Waals surface area contributed by atoms with Crippen molar-refractivity contribution in [2.45, 2.75) is 44.9 Å². The third-order valence-electron chi connectivity index (χ3n) is 4.03. The lowest BCUT2D eigenvalue weighted by Crippen LogP contribution is -2.48. The summed E-state index contributed by atoms with van der Waals surface area (Å²) in [6.45, 7) is 6.10. The maximum Gasteiger partial charge on any atom is 0.412 e. The highest BCUT2D eigenvalue weighted by Gasteiger charge is 2.49. The fourth-order valence-corrected chi connectivity index (χ4v) is 3.09. The van der Waals surface area contributed by atoms with E-state index in [0.29, 0.717) is 18.8 Å². The number of hydrogen-bond donors (Lipinski definition) is 1. The minimum atomic E-state index is -1.82. The van der Waals surface area contributed by atoms with Crippen molar-refractivity contribution in [2.75, 3.05) is 19.8 Å². The number of hydrogen-bond acceptors (Lipinski definition) is 5. The SMILES string of the molecule is CC(C)(C)OC(=O)N1CCCC1(O)c1c(F)ccc2c1OCCO2. The number of aliphatic hydroxyl groups is 1. The molecule has 1 amide bonds. The summed E-state index contributed by atoms with van der Waals surface area (Å²) in [4.78, 5) is 13.6. The molecule has 1 aromatic carbocycles. The molecule has 0 spiro atoms. The Labute approximate surface area is 140 Å². The monoisotopic (exact) mass is 339 g/mol. The van der Waals surface area contributed by atoms with E-state index in [2.05, 4.69) is 0 Å². The quantitative estimate of drug-likeness (QED) is 0.852. The van der Waals surface area contributed by atoms with E-state index in [-0.39, 0.29) is 30.9 Å². The number of halogens is 1. The van der Waals surface area contributed by atoms with Crippen molar-refractivity contribution in [3.63, 3.8) is 0 Å². The second kappa shape index (κ2) is 5.81. The lowest BCUT2D eigenvalue weighted by atomic mass is 9.97. The van der Waals surface area contributed by atoms with Crippen LogP contribution in [0.15, 0.2) is 12.1 Å². The molecule has 1 saturated heterocycles. The fourth-order valence-electron chi connectivity index (χ4n) is 3.09. The molecule has 1 unspecified atom stereocenters. The highest BCUT2D eigenvalue weighted by atomic mass is 19.1. The summed E-state index contributed by atoms with van der Waals surface area (Å²) < 4.78 is 30.9. The van der Waals surface area contributed by atoms with Crippen LogP contribution in [0, 0.1) is 5.82 Å². The third kappa shape index (κ3) is 2.88. The zero-order valence-electron chi connectivity index (χ0n) is 14.1. The molecule has 2 aliphatic rings. The Morgan fingerprint density at radius 2 is 2.04 bits per heavy atom. The second-order valence-corrected chi connectivity index (χ2v) is 7.00. The minimum Gasteiger partial charge on any atom is -0.486 e. The zero-order valence-corrected chi connectivity index (χ0v) is 14.1. The Kier molecular flexibility index (Phi) is 4.07. The number of carbonyl (C=O) groups excluding carboxylic acids is 1. The Bertz CT molecular complexity index is 657. The summed E-state index contributed by atoms with van der Waals surface area (Å²) in [5.74, 6) is -0.126. The van der Waals surface area contributed by atoms with Crippen molar-refractivity contribution >= 4 is 6.09 Å². The van der Waals surface area contributed by atoms with E-state index in [1.807, 2.05) is 0 Å². The first kappa shape index (κ1) is 16.8. The van der Waals surface area contributed by atoms with Crippen LogP contribution in [0.5, 0.6) is 11.5 Å². The molecule has 2 heterocycles. The molecule has 1 aromatic rings. The molecule has 1 N–H and O–H groups in total. The summed E-state index contributed by atoms with van der Waals surface area (Å²) >= 11 is 0. The molecule has 3 rings (SSSR count). The van der Waals surface area contributed by atoms with E-state index in [9.17, 15) is 14.3 Å². The van der Waals surface area contributed by atoms with Crippen molar-refractivity contribution in [1.29, 1.82) is 0 Å². The molecule has 6 nitrogen and oxygen atoms in total. The number of amides is 1. The van der Waals surface area contributed by atoms with Gasteiger partial charge in [-0.2, -0.15) is 0 Å². The molecule has 0 aromatic heterocycles. The topological polar surface area (TPSA) is 68.2 Å². The van der Waals surface area contributed by atoms with Gasteiger partial charge < -0.3 is 19.3 Å². The first-order valence-electron chi connectivity index (χ1n) is 8.04. The smallest absolute Gasteiger partial charge is 0.412 e. The molecular formula is C17H22FNO5. The summed E-state index contributed by atoms with van der Waals surface area (Å²) in [6, 6.07) is 2.68. The van der Waals surface area contributed by atoms with E-state index in [1.165, 1.54) is 12.1 Å². The molecule has 0 saturated carbocycles. The molecule has 0 aliphatic carbocycles. The van der Waals surface area contributed by atoms with Gasteiger partial charge in [0.05, 0.1) is 5.56 Å². The summed E-state index contributed by atoms with van der Waals surface area (Å²) in [5, 5.41) is 11.2. The van der Waals surface area contributed by atoms with Crippen molar-refractivity contribution in [1.82, 2.24) is 4.90 Å². The molecule has 132 valence electrons. The maximum absolute atomic E-state index is 14.6. The van der Waals surface area contributed by atoms with Gasteiger partial charge in [-0.05, 0) is 39.3 Å². The second-order valence-electron chi connectivity index (χ2n) is 7.00. The largest absolute Gasteiger partial charge is 0.486 e. The van der Waals surface area contributed by atoms with E-state index >= 15 is 0 Å². The van der Waals surface area contributed by atoms with Gasteiger partial charge in [-0.25, -0.2) is 9.18 Å². The predicted octanol–water partition coefficient (Wildman–Crippen LogP) is 2.77. The first-order valence-corrected chi connectivity index (χ1v) is 8.04. The van der Waals surface area contributed by atoms with Crippen LogP contribution in [0.4, 0.5) is 9.18 Å². The van der Waals surface area contributed by atoms with E-state index < -0.39 is 23.2 Å². The number of rotatable bonds is 1. The molecule has 2 aliphatic heterocycles. The molecule has 1 atom stereocenters. The summed E-state index contributed by atoms with van der Waals surface area (Å²) in [7, 11) is 0. The summed E-state index contributed by atoms with van der Waals surface area (Å²) in [5.41, 5.74) is -2.60. The summed E-state index contributed by atoms with van der Waals surface area (Å²) in [6.07, 6.45) is 0.0408. The Balaban J connectivity index is 2.02. The minimum absolute atomic E-state index is 0.0666. The number of carbonyl (C=O) groups is 1. The van der Waals surface area contributed by atoms with Crippen LogP contribution in [0.25, 0.3) is 0 Å². The van der Waals surface area contributed by atoms with Crippen LogP contribution in [-0.2, 0) is 10.5 Å². The normalized spacial score (nSPS) is 23.3. The standard InChI is InChI=1S/C17H22FNO5/c1-16(2,3)24-15(20)19-8-4-7-17(19,21)13-11(18)5-6-12-14(13)23-10-9-22-12/h5-6,21H,4,7-10H2,1-3H3. The number of fused-ring (bicyclic) bond motifs is 1. The third-order valence-corrected chi connectivity index (χ3v) is 4.03. The van der Waals surface area contributed by atoms with Crippen molar-refractivity contribution < 1.29 is 28.5 Å². The van der Waals surface area contributed by atoms with Crippen LogP contribution in [0.2, 0.25) is 0 Å². The zero-order chi connectivity index (χ0) is 17.5. The average molecular weight is 339 g/mol. The molecule has 0 bridgehead atoms. The Morgan fingerprint density at radius 1 is 1.33 bits per heavy atom. The van der Waals surface area contributed by atoms with Gasteiger partial charge in [0.2, 0.25) is 0 Å². The van der Waals surface area contributed by atoms with Gasteiger partial charge >= 0.3 is 6.09 Å². The lowest BCUT2D eigenvalue weighted by molar-refractivity contribution is -0.0930. The molecule has 0 radical (unpaired) electrons. The number of nitrogens with zero attached hydrogens (tertiary/aromatic N) is 1. The van der Waals surface area contributed by atoms with E-state index in [0.717, 1.165) is 4.90 Å². The highest BCUT2D eigenvalue weighted by molar-refractivity contribution is 5.70. The van der Waals surface area contributed by atoms with Crippen LogP contribution in [-0.4, -0.2) is 41.5 Å². The molecule has 7 heteroatoms. The van der Waals surface area contributed by atoms with Gasteiger partial charge in [0.1, 0.15) is 24.6 Å². The Hall–Kier alpha value is -2.02. The molecule has 24 heavy (non-hydrogen) atoms. The predicted molar refractivity (Wildman–Crippen MR) is 83.5 cm³/mol. The fraction of sp³-hybridized carbons (Fsp3) is 0.588. The van der Waals surface area contributed by atoms with Gasteiger partial charge in [0.25, 0.3) is 0 Å². The van der Waals surface area contributed by atoms with Gasteiger partial charge in [-0.3, -0.25) is 4.90 Å². The highest BCUT2D eigenvalue weighted by Crippen LogP contribution is 2.47. The maximum atomic E-state index is 14.6. The molecule has 1 fully saturated rings. The van der Waals surface area contributed by atoms with Gasteiger partial charge in [-0.15, -0.1) is 0 Å². The molecular weight excluding hydrogens is 317 g/mol. The lowest BCUT2D eigenvalue weighted by Gasteiger charge is -2.37. The Morgan fingerprint density at radius 3 is 2.75 bits per heavy atom. The number of likely N-dealkylation sites (tertiary alicyclic amines) is 1. The van der Waals surface area contributed by atoms with Gasteiger partial charge in [0, 0.05) is 13.0 Å². The van der Waals surface area contributed by atoms with E-state index in [1.54, 1.807) is 20.8 Å².